The van der Waals surface area contributed by atoms with E-state index in [1.165, 1.54) is 11.3 Å². The van der Waals surface area contributed by atoms with Crippen LogP contribution in [-0.2, 0) is 4.74 Å². The zero-order valence-corrected chi connectivity index (χ0v) is 8.65. The second-order valence-electron chi connectivity index (χ2n) is 2.37. The van der Waals surface area contributed by atoms with Crippen LogP contribution in [0, 0.1) is 0 Å². The SMILES string of the molecule is COCCN(C)c1nc(Cl)cs1. The highest BCUT2D eigenvalue weighted by molar-refractivity contribution is 7.14. The molecule has 0 aliphatic carbocycles. The largest absolute Gasteiger partial charge is 0.383 e. The van der Waals surface area contributed by atoms with Crippen LogP contribution in [0.2, 0.25) is 5.15 Å². The van der Waals surface area contributed by atoms with Gasteiger partial charge in [-0.1, -0.05) is 11.6 Å². The maximum absolute atomic E-state index is 5.68. The quantitative estimate of drug-likeness (QED) is 0.752. The normalized spacial score (nSPS) is 10.2. The molecule has 12 heavy (non-hydrogen) atoms. The summed E-state index contributed by atoms with van der Waals surface area (Å²) in [6.07, 6.45) is 0. The number of rotatable bonds is 4. The van der Waals surface area contributed by atoms with Gasteiger partial charge in [0.05, 0.1) is 6.61 Å². The first kappa shape index (κ1) is 9.77. The molecule has 0 aliphatic heterocycles. The van der Waals surface area contributed by atoms with E-state index in [-0.39, 0.29) is 0 Å². The molecule has 1 aromatic heterocycles. The Morgan fingerprint density at radius 2 is 2.50 bits per heavy atom. The molecule has 0 radical (unpaired) electrons. The maximum atomic E-state index is 5.68. The lowest BCUT2D eigenvalue weighted by Crippen LogP contribution is -2.21. The third-order valence-electron chi connectivity index (χ3n) is 1.42. The summed E-state index contributed by atoms with van der Waals surface area (Å²) in [5.41, 5.74) is 0. The molecule has 0 fully saturated rings. The van der Waals surface area contributed by atoms with E-state index in [1.54, 1.807) is 7.11 Å². The van der Waals surface area contributed by atoms with Crippen LogP contribution >= 0.6 is 22.9 Å². The van der Waals surface area contributed by atoms with Gasteiger partial charge in [0.2, 0.25) is 0 Å². The van der Waals surface area contributed by atoms with E-state index in [0.29, 0.717) is 11.8 Å². The minimum Gasteiger partial charge on any atom is -0.383 e. The van der Waals surface area contributed by atoms with Gasteiger partial charge in [0.25, 0.3) is 0 Å². The standard InChI is InChI=1S/C7H11ClN2OS/c1-10(3-4-11-2)7-9-6(8)5-12-7/h5H,3-4H2,1-2H3. The van der Waals surface area contributed by atoms with Crippen molar-refractivity contribution in [2.45, 2.75) is 0 Å². The average molecular weight is 207 g/mol. The van der Waals surface area contributed by atoms with E-state index < -0.39 is 0 Å². The second-order valence-corrected chi connectivity index (χ2v) is 3.59. The van der Waals surface area contributed by atoms with Gasteiger partial charge in [-0.15, -0.1) is 11.3 Å². The van der Waals surface area contributed by atoms with Gasteiger partial charge in [0.15, 0.2) is 5.13 Å². The first-order valence-corrected chi connectivity index (χ1v) is 4.81. The Kier molecular flexibility index (Phi) is 3.78. The molecule has 0 amide bonds. The summed E-state index contributed by atoms with van der Waals surface area (Å²) in [6, 6.07) is 0. The third-order valence-corrected chi connectivity index (χ3v) is 2.70. The van der Waals surface area contributed by atoms with Crippen LogP contribution in [-0.4, -0.2) is 32.3 Å². The Morgan fingerprint density at radius 3 is 3.00 bits per heavy atom. The highest BCUT2D eigenvalue weighted by Crippen LogP contribution is 2.21. The van der Waals surface area contributed by atoms with Crippen molar-refractivity contribution in [3.8, 4) is 0 Å². The number of ether oxygens (including phenoxy) is 1. The van der Waals surface area contributed by atoms with Crippen LogP contribution in [0.3, 0.4) is 0 Å². The Hall–Kier alpha value is -0.320. The summed E-state index contributed by atoms with van der Waals surface area (Å²) in [5.74, 6) is 0. The average Bonchev–Trinajstić information content (AvgIpc) is 2.47. The molecule has 0 atom stereocenters. The molecule has 5 heteroatoms. The maximum Gasteiger partial charge on any atom is 0.186 e. The number of anilines is 1. The zero-order valence-electron chi connectivity index (χ0n) is 7.08. The molecule has 1 rings (SSSR count). The molecule has 0 saturated heterocycles. The van der Waals surface area contributed by atoms with Crippen molar-refractivity contribution in [3.05, 3.63) is 10.5 Å². The van der Waals surface area contributed by atoms with Gasteiger partial charge in [0.1, 0.15) is 5.15 Å². The number of methoxy groups -OCH3 is 1. The predicted molar refractivity (Wildman–Crippen MR) is 52.3 cm³/mol. The summed E-state index contributed by atoms with van der Waals surface area (Å²) >= 11 is 7.22. The van der Waals surface area contributed by atoms with Crippen LogP contribution in [0.15, 0.2) is 5.38 Å². The number of halogens is 1. The Balaban J connectivity index is 2.47. The summed E-state index contributed by atoms with van der Waals surface area (Å²) in [7, 11) is 3.65. The van der Waals surface area contributed by atoms with Gasteiger partial charge in [-0.25, -0.2) is 4.98 Å². The summed E-state index contributed by atoms with van der Waals surface area (Å²) < 4.78 is 4.94. The fourth-order valence-electron chi connectivity index (χ4n) is 0.745. The number of thiazole rings is 1. The molecular formula is C7H11ClN2OS. The molecule has 0 aliphatic rings. The van der Waals surface area contributed by atoms with Crippen molar-refractivity contribution in [2.24, 2.45) is 0 Å². The molecule has 0 aromatic carbocycles. The minimum atomic E-state index is 0.555. The van der Waals surface area contributed by atoms with Crippen molar-refractivity contribution in [1.29, 1.82) is 0 Å². The molecular weight excluding hydrogens is 196 g/mol. The smallest absolute Gasteiger partial charge is 0.186 e. The number of nitrogens with zero attached hydrogens (tertiary/aromatic N) is 2. The number of hydrogen-bond donors (Lipinski definition) is 0. The monoisotopic (exact) mass is 206 g/mol. The van der Waals surface area contributed by atoms with Crippen LogP contribution < -0.4 is 4.90 Å². The molecule has 0 spiro atoms. The van der Waals surface area contributed by atoms with Crippen LogP contribution in [0.4, 0.5) is 5.13 Å². The van der Waals surface area contributed by atoms with E-state index in [2.05, 4.69) is 4.98 Å². The van der Waals surface area contributed by atoms with Crippen molar-refractivity contribution in [2.75, 3.05) is 32.2 Å². The summed E-state index contributed by atoms with van der Waals surface area (Å²) in [5, 5.41) is 3.30. The van der Waals surface area contributed by atoms with Crippen molar-refractivity contribution in [3.63, 3.8) is 0 Å². The highest BCUT2D eigenvalue weighted by Gasteiger charge is 2.04. The fourth-order valence-corrected chi connectivity index (χ4v) is 1.69. The Bertz CT molecular complexity index is 241. The van der Waals surface area contributed by atoms with E-state index in [1.807, 2.05) is 17.3 Å². The van der Waals surface area contributed by atoms with E-state index in [0.717, 1.165) is 11.7 Å². The van der Waals surface area contributed by atoms with E-state index in [9.17, 15) is 0 Å². The minimum absolute atomic E-state index is 0.555. The van der Waals surface area contributed by atoms with Crippen LogP contribution in [0.1, 0.15) is 0 Å². The van der Waals surface area contributed by atoms with Gasteiger partial charge in [-0.2, -0.15) is 0 Å². The summed E-state index contributed by atoms with van der Waals surface area (Å²) in [4.78, 5) is 6.13. The van der Waals surface area contributed by atoms with Gasteiger partial charge >= 0.3 is 0 Å². The molecule has 0 unspecified atom stereocenters. The Labute approximate surface area is 80.9 Å². The zero-order chi connectivity index (χ0) is 8.97. The fraction of sp³-hybridized carbons (Fsp3) is 0.571. The molecule has 1 aromatic rings. The first-order valence-electron chi connectivity index (χ1n) is 3.55. The number of hydrogen-bond acceptors (Lipinski definition) is 4. The molecule has 0 bridgehead atoms. The number of likely N-dealkylation sites (N-methyl/N-ethyl adjacent to an activating group) is 1. The van der Waals surface area contributed by atoms with Crippen molar-refractivity contribution >= 4 is 28.1 Å². The number of aromatic nitrogens is 1. The van der Waals surface area contributed by atoms with Gasteiger partial charge in [0, 0.05) is 26.1 Å². The van der Waals surface area contributed by atoms with E-state index >= 15 is 0 Å². The van der Waals surface area contributed by atoms with Crippen molar-refractivity contribution in [1.82, 2.24) is 4.98 Å². The molecule has 68 valence electrons. The van der Waals surface area contributed by atoms with Crippen molar-refractivity contribution < 1.29 is 4.74 Å². The molecule has 3 nitrogen and oxygen atoms in total. The molecule has 0 saturated carbocycles. The molecule has 1 heterocycles. The second kappa shape index (κ2) is 4.64. The third kappa shape index (κ3) is 2.62. The first-order chi connectivity index (χ1) is 5.74. The van der Waals surface area contributed by atoms with Gasteiger partial charge in [-0.3, -0.25) is 0 Å². The lowest BCUT2D eigenvalue weighted by atomic mass is 10.6. The lowest BCUT2D eigenvalue weighted by molar-refractivity contribution is 0.206. The topological polar surface area (TPSA) is 25.4 Å². The Morgan fingerprint density at radius 1 is 1.75 bits per heavy atom. The van der Waals surface area contributed by atoms with Crippen LogP contribution in [0.5, 0.6) is 0 Å². The molecule has 0 N–H and O–H groups in total. The van der Waals surface area contributed by atoms with E-state index in [4.69, 9.17) is 16.3 Å². The van der Waals surface area contributed by atoms with Gasteiger partial charge < -0.3 is 9.64 Å². The predicted octanol–water partition coefficient (Wildman–Crippen LogP) is 1.88. The lowest BCUT2D eigenvalue weighted by Gasteiger charge is -2.13. The van der Waals surface area contributed by atoms with Gasteiger partial charge in [-0.05, 0) is 0 Å². The highest BCUT2D eigenvalue weighted by atomic mass is 35.5. The van der Waals surface area contributed by atoms with Crippen LogP contribution in [0.25, 0.3) is 0 Å². The summed E-state index contributed by atoms with van der Waals surface area (Å²) in [6.45, 7) is 1.54.